The largest absolute Gasteiger partial charge is 0.494 e. The van der Waals surface area contributed by atoms with Gasteiger partial charge in [0.2, 0.25) is 0 Å². The third-order valence-corrected chi connectivity index (χ3v) is 3.89. The molecule has 1 aromatic rings. The summed E-state index contributed by atoms with van der Waals surface area (Å²) in [6, 6.07) is 9.56. The number of nitrogens with one attached hydrogen (secondary N) is 1. The van der Waals surface area contributed by atoms with Crippen LogP contribution in [-0.2, 0) is 0 Å². The molecular formula is C16H26N2O. The Morgan fingerprint density at radius 1 is 1.42 bits per heavy atom. The van der Waals surface area contributed by atoms with Gasteiger partial charge in [-0.3, -0.25) is 0 Å². The summed E-state index contributed by atoms with van der Waals surface area (Å²) in [7, 11) is 2.21. The molecule has 1 aliphatic rings. The van der Waals surface area contributed by atoms with Crippen molar-refractivity contribution in [1.29, 1.82) is 0 Å². The Labute approximate surface area is 116 Å². The van der Waals surface area contributed by atoms with Crippen LogP contribution in [0.4, 0.5) is 5.69 Å². The Kier molecular flexibility index (Phi) is 5.08. The minimum absolute atomic E-state index is 0.577. The van der Waals surface area contributed by atoms with Gasteiger partial charge in [-0.05, 0) is 45.4 Å². The lowest BCUT2D eigenvalue weighted by molar-refractivity contribution is 0.190. The van der Waals surface area contributed by atoms with Crippen LogP contribution in [0.15, 0.2) is 24.3 Å². The van der Waals surface area contributed by atoms with Crippen molar-refractivity contribution in [3.8, 4) is 5.75 Å². The van der Waals surface area contributed by atoms with Gasteiger partial charge >= 0.3 is 0 Å². The molecular weight excluding hydrogens is 236 g/mol. The number of piperidine rings is 1. The number of benzene rings is 1. The lowest BCUT2D eigenvalue weighted by Crippen LogP contribution is -2.42. The number of ether oxygens (including phenoxy) is 1. The molecule has 1 aliphatic heterocycles. The van der Waals surface area contributed by atoms with E-state index in [0.717, 1.165) is 18.8 Å². The van der Waals surface area contributed by atoms with Gasteiger partial charge in [-0.1, -0.05) is 13.0 Å². The van der Waals surface area contributed by atoms with Gasteiger partial charge in [-0.2, -0.15) is 0 Å². The minimum Gasteiger partial charge on any atom is -0.494 e. The standard InChI is InChI=1S/C16H26N2O/c1-4-10-19-16-7-5-6-14(12-16)17-15-8-9-18(3)13(2)11-15/h5-7,12-13,15,17H,4,8-11H2,1-3H3. The summed E-state index contributed by atoms with van der Waals surface area (Å²) in [6.45, 7) is 6.39. The fourth-order valence-corrected chi connectivity index (χ4v) is 2.55. The molecule has 19 heavy (non-hydrogen) atoms. The maximum atomic E-state index is 5.67. The van der Waals surface area contributed by atoms with Crippen LogP contribution in [0, 0.1) is 0 Å². The zero-order chi connectivity index (χ0) is 13.7. The van der Waals surface area contributed by atoms with Gasteiger partial charge in [-0.25, -0.2) is 0 Å². The first kappa shape index (κ1) is 14.2. The van der Waals surface area contributed by atoms with E-state index in [1.807, 2.05) is 6.07 Å². The maximum Gasteiger partial charge on any atom is 0.121 e. The highest BCUT2D eigenvalue weighted by atomic mass is 16.5. The predicted molar refractivity (Wildman–Crippen MR) is 81.0 cm³/mol. The first-order chi connectivity index (χ1) is 9.19. The fourth-order valence-electron chi connectivity index (χ4n) is 2.55. The van der Waals surface area contributed by atoms with Crippen molar-refractivity contribution in [2.45, 2.75) is 45.2 Å². The van der Waals surface area contributed by atoms with Crippen molar-refractivity contribution in [3.63, 3.8) is 0 Å². The van der Waals surface area contributed by atoms with Crippen molar-refractivity contribution < 1.29 is 4.74 Å². The lowest BCUT2D eigenvalue weighted by atomic mass is 9.98. The van der Waals surface area contributed by atoms with Crippen LogP contribution in [0.1, 0.15) is 33.1 Å². The Balaban J connectivity index is 1.91. The molecule has 3 heteroatoms. The van der Waals surface area contributed by atoms with Crippen LogP contribution in [0.25, 0.3) is 0 Å². The summed E-state index contributed by atoms with van der Waals surface area (Å²) in [5.74, 6) is 0.966. The van der Waals surface area contributed by atoms with Crippen molar-refractivity contribution in [1.82, 2.24) is 4.90 Å². The van der Waals surface area contributed by atoms with Crippen molar-refractivity contribution in [2.24, 2.45) is 0 Å². The van der Waals surface area contributed by atoms with Gasteiger partial charge in [0, 0.05) is 30.4 Å². The Morgan fingerprint density at radius 3 is 3.00 bits per heavy atom. The normalized spacial score (nSPS) is 24.2. The molecule has 0 bridgehead atoms. The number of nitrogens with zero attached hydrogens (tertiary/aromatic N) is 1. The second-order valence-electron chi connectivity index (χ2n) is 5.57. The summed E-state index contributed by atoms with van der Waals surface area (Å²) >= 11 is 0. The fraction of sp³-hybridized carbons (Fsp3) is 0.625. The Morgan fingerprint density at radius 2 is 2.26 bits per heavy atom. The molecule has 2 atom stereocenters. The van der Waals surface area contributed by atoms with Crippen LogP contribution in [0.5, 0.6) is 5.75 Å². The molecule has 0 amide bonds. The van der Waals surface area contributed by atoms with Gasteiger partial charge in [0.1, 0.15) is 5.75 Å². The van der Waals surface area contributed by atoms with E-state index in [1.54, 1.807) is 0 Å². The molecule has 1 heterocycles. The third-order valence-electron chi connectivity index (χ3n) is 3.89. The number of hydrogen-bond donors (Lipinski definition) is 1. The molecule has 2 unspecified atom stereocenters. The highest BCUT2D eigenvalue weighted by Gasteiger charge is 2.22. The third kappa shape index (κ3) is 4.13. The molecule has 1 fully saturated rings. The van der Waals surface area contributed by atoms with E-state index < -0.39 is 0 Å². The zero-order valence-electron chi connectivity index (χ0n) is 12.4. The smallest absolute Gasteiger partial charge is 0.121 e. The highest BCUT2D eigenvalue weighted by molar-refractivity contribution is 5.49. The van der Waals surface area contributed by atoms with Crippen LogP contribution in [0.2, 0.25) is 0 Å². The zero-order valence-corrected chi connectivity index (χ0v) is 12.4. The minimum atomic E-state index is 0.577. The first-order valence-corrected chi connectivity index (χ1v) is 7.38. The van der Waals surface area contributed by atoms with Crippen molar-refractivity contribution in [2.75, 3.05) is 25.5 Å². The van der Waals surface area contributed by atoms with Gasteiger partial charge in [0.25, 0.3) is 0 Å². The topological polar surface area (TPSA) is 24.5 Å². The Bertz CT molecular complexity index is 394. The summed E-state index contributed by atoms with van der Waals surface area (Å²) in [6.07, 6.45) is 3.46. The van der Waals surface area contributed by atoms with Gasteiger partial charge in [0.15, 0.2) is 0 Å². The SMILES string of the molecule is CCCOc1cccc(NC2CCN(C)C(C)C2)c1. The van der Waals surface area contributed by atoms with Gasteiger partial charge in [-0.15, -0.1) is 0 Å². The molecule has 3 nitrogen and oxygen atoms in total. The van der Waals surface area contributed by atoms with Crippen molar-refractivity contribution >= 4 is 5.69 Å². The van der Waals surface area contributed by atoms with Crippen LogP contribution < -0.4 is 10.1 Å². The van der Waals surface area contributed by atoms with E-state index >= 15 is 0 Å². The van der Waals surface area contributed by atoms with Gasteiger partial charge < -0.3 is 15.0 Å². The van der Waals surface area contributed by atoms with Crippen LogP contribution in [0.3, 0.4) is 0 Å². The molecule has 1 N–H and O–H groups in total. The summed E-state index contributed by atoms with van der Waals surface area (Å²) in [4.78, 5) is 2.43. The monoisotopic (exact) mass is 262 g/mol. The maximum absolute atomic E-state index is 5.67. The number of hydrogen-bond acceptors (Lipinski definition) is 3. The van der Waals surface area contributed by atoms with E-state index in [-0.39, 0.29) is 0 Å². The summed E-state index contributed by atoms with van der Waals surface area (Å²) in [5, 5.41) is 3.64. The molecule has 1 saturated heterocycles. The molecule has 0 aromatic heterocycles. The lowest BCUT2D eigenvalue weighted by Gasteiger charge is -2.35. The number of anilines is 1. The highest BCUT2D eigenvalue weighted by Crippen LogP contribution is 2.22. The average molecular weight is 262 g/mol. The number of rotatable bonds is 5. The quantitative estimate of drug-likeness (QED) is 0.880. The van der Waals surface area contributed by atoms with E-state index in [1.165, 1.54) is 25.1 Å². The van der Waals surface area contributed by atoms with Gasteiger partial charge in [0.05, 0.1) is 6.61 Å². The second-order valence-corrected chi connectivity index (χ2v) is 5.57. The number of likely N-dealkylation sites (tertiary alicyclic amines) is 1. The van der Waals surface area contributed by atoms with Crippen molar-refractivity contribution in [3.05, 3.63) is 24.3 Å². The van der Waals surface area contributed by atoms with Crippen LogP contribution in [-0.4, -0.2) is 37.2 Å². The van der Waals surface area contributed by atoms with Crippen LogP contribution >= 0.6 is 0 Å². The van der Waals surface area contributed by atoms with E-state index in [4.69, 9.17) is 4.74 Å². The second kappa shape index (κ2) is 6.80. The summed E-state index contributed by atoms with van der Waals surface area (Å²) < 4.78 is 5.67. The van der Waals surface area contributed by atoms with E-state index in [0.29, 0.717) is 12.1 Å². The molecule has 0 aliphatic carbocycles. The Hall–Kier alpha value is -1.22. The molecule has 0 radical (unpaired) electrons. The predicted octanol–water partition coefficient (Wildman–Crippen LogP) is 3.37. The average Bonchev–Trinajstić information content (AvgIpc) is 2.41. The molecule has 106 valence electrons. The van der Waals surface area contributed by atoms with E-state index in [9.17, 15) is 0 Å². The molecule has 2 rings (SSSR count). The summed E-state index contributed by atoms with van der Waals surface area (Å²) in [5.41, 5.74) is 1.18. The first-order valence-electron chi connectivity index (χ1n) is 7.38. The molecule has 1 aromatic carbocycles. The molecule has 0 saturated carbocycles. The molecule has 0 spiro atoms. The van der Waals surface area contributed by atoms with E-state index in [2.05, 4.69) is 49.3 Å².